The number of hydrogen-bond acceptors (Lipinski definition) is 5. The molecule has 0 aliphatic heterocycles. The fourth-order valence-electron chi connectivity index (χ4n) is 3.07. The van der Waals surface area contributed by atoms with Crippen molar-refractivity contribution in [3.8, 4) is 5.82 Å². The molecule has 33 heavy (non-hydrogen) atoms. The predicted octanol–water partition coefficient (Wildman–Crippen LogP) is 3.02. The van der Waals surface area contributed by atoms with Crippen molar-refractivity contribution in [1.82, 2.24) is 25.0 Å². The zero-order valence-electron chi connectivity index (χ0n) is 18.3. The second-order valence-corrected chi connectivity index (χ2v) is 7.63. The molecule has 2 N–H and O–H groups in total. The standard InChI is InChI=1S/C22H23F3N6O2/c1-14-18(12-28-31(14)19-8-7-16(11-26-19)22(23,24)25)21(33)27-10-15-5-4-6-17(9-15)29-20(32)13-30(2)3/h4-9,11-12H,10,13H2,1-3H3,(H,27,33)(H,29,32). The van der Waals surface area contributed by atoms with Crippen molar-refractivity contribution in [1.29, 1.82) is 0 Å². The van der Waals surface area contributed by atoms with E-state index in [1.807, 2.05) is 6.07 Å². The van der Waals surface area contributed by atoms with Crippen molar-refractivity contribution in [2.45, 2.75) is 19.6 Å². The highest BCUT2D eigenvalue weighted by Gasteiger charge is 2.30. The molecule has 0 spiro atoms. The Balaban J connectivity index is 1.66. The fraction of sp³-hybridized carbons (Fsp3) is 0.273. The first-order chi connectivity index (χ1) is 15.5. The summed E-state index contributed by atoms with van der Waals surface area (Å²) in [5.41, 5.74) is 1.23. The lowest BCUT2D eigenvalue weighted by molar-refractivity contribution is -0.137. The number of amides is 2. The maximum absolute atomic E-state index is 12.7. The number of pyridine rings is 1. The van der Waals surface area contributed by atoms with Gasteiger partial charge in [-0.3, -0.25) is 9.59 Å². The molecule has 3 rings (SSSR count). The van der Waals surface area contributed by atoms with Gasteiger partial charge in [0.05, 0.1) is 29.6 Å². The summed E-state index contributed by atoms with van der Waals surface area (Å²) in [5, 5.41) is 9.66. The van der Waals surface area contributed by atoms with Gasteiger partial charge in [0.2, 0.25) is 5.91 Å². The van der Waals surface area contributed by atoms with Crippen molar-refractivity contribution < 1.29 is 22.8 Å². The molecular formula is C22H23F3N6O2. The van der Waals surface area contributed by atoms with Crippen LogP contribution in [0.25, 0.3) is 5.82 Å². The molecule has 0 radical (unpaired) electrons. The second-order valence-electron chi connectivity index (χ2n) is 7.63. The fourth-order valence-corrected chi connectivity index (χ4v) is 3.07. The van der Waals surface area contributed by atoms with Gasteiger partial charge in [-0.15, -0.1) is 0 Å². The summed E-state index contributed by atoms with van der Waals surface area (Å²) in [7, 11) is 3.59. The summed E-state index contributed by atoms with van der Waals surface area (Å²) in [6.07, 6.45) is -2.43. The number of anilines is 1. The van der Waals surface area contributed by atoms with Gasteiger partial charge in [0.15, 0.2) is 5.82 Å². The number of likely N-dealkylation sites (N-methyl/N-ethyl adjacent to an activating group) is 1. The van der Waals surface area contributed by atoms with Crippen LogP contribution in [0.3, 0.4) is 0 Å². The minimum absolute atomic E-state index is 0.152. The van der Waals surface area contributed by atoms with Crippen LogP contribution in [-0.4, -0.2) is 52.1 Å². The highest BCUT2D eigenvalue weighted by Crippen LogP contribution is 2.28. The molecule has 8 nitrogen and oxygen atoms in total. The number of nitrogens with one attached hydrogen (secondary N) is 2. The number of carbonyl (C=O) groups excluding carboxylic acids is 2. The molecule has 0 bridgehead atoms. The van der Waals surface area contributed by atoms with Crippen molar-refractivity contribution in [2.24, 2.45) is 0 Å². The smallest absolute Gasteiger partial charge is 0.348 e. The van der Waals surface area contributed by atoms with Crippen LogP contribution in [0.2, 0.25) is 0 Å². The number of benzene rings is 1. The molecule has 2 heterocycles. The monoisotopic (exact) mass is 460 g/mol. The van der Waals surface area contributed by atoms with Crippen LogP contribution >= 0.6 is 0 Å². The van der Waals surface area contributed by atoms with Crippen LogP contribution in [-0.2, 0) is 17.5 Å². The van der Waals surface area contributed by atoms with E-state index in [-0.39, 0.29) is 30.4 Å². The third-order valence-electron chi connectivity index (χ3n) is 4.67. The molecule has 0 saturated carbocycles. The van der Waals surface area contributed by atoms with E-state index in [4.69, 9.17) is 0 Å². The molecule has 0 saturated heterocycles. The van der Waals surface area contributed by atoms with Crippen molar-refractivity contribution in [3.63, 3.8) is 0 Å². The number of alkyl halides is 3. The second kappa shape index (κ2) is 9.82. The average molecular weight is 460 g/mol. The molecule has 1 aromatic carbocycles. The minimum atomic E-state index is -4.48. The van der Waals surface area contributed by atoms with E-state index >= 15 is 0 Å². The Labute approximate surface area is 188 Å². The number of halogens is 3. The maximum Gasteiger partial charge on any atom is 0.417 e. The molecule has 0 aliphatic carbocycles. The molecule has 11 heteroatoms. The number of nitrogens with zero attached hydrogens (tertiary/aromatic N) is 4. The van der Waals surface area contributed by atoms with E-state index in [1.54, 1.807) is 44.1 Å². The van der Waals surface area contributed by atoms with Crippen LogP contribution in [0, 0.1) is 6.92 Å². The minimum Gasteiger partial charge on any atom is -0.348 e. The quantitative estimate of drug-likeness (QED) is 0.566. The zero-order valence-corrected chi connectivity index (χ0v) is 18.3. The third-order valence-corrected chi connectivity index (χ3v) is 4.67. The highest BCUT2D eigenvalue weighted by atomic mass is 19.4. The van der Waals surface area contributed by atoms with Gasteiger partial charge in [-0.2, -0.15) is 18.3 Å². The molecule has 0 atom stereocenters. The van der Waals surface area contributed by atoms with Crippen LogP contribution in [0.5, 0.6) is 0 Å². The summed E-state index contributed by atoms with van der Waals surface area (Å²) < 4.78 is 39.5. The topological polar surface area (TPSA) is 92.2 Å². The number of rotatable bonds is 7. The molecule has 0 fully saturated rings. The molecular weight excluding hydrogens is 437 g/mol. The third kappa shape index (κ3) is 6.16. The van der Waals surface area contributed by atoms with E-state index in [2.05, 4.69) is 20.7 Å². The summed E-state index contributed by atoms with van der Waals surface area (Å²) in [4.78, 5) is 30.1. The maximum atomic E-state index is 12.7. The Bertz CT molecular complexity index is 1140. The molecule has 3 aromatic rings. The molecule has 2 aromatic heterocycles. The first kappa shape index (κ1) is 23.9. The first-order valence-electron chi connectivity index (χ1n) is 9.94. The molecule has 0 unspecified atom stereocenters. The van der Waals surface area contributed by atoms with E-state index < -0.39 is 17.6 Å². The normalized spacial score (nSPS) is 11.5. The Morgan fingerprint density at radius 2 is 1.88 bits per heavy atom. The van der Waals surface area contributed by atoms with Gasteiger partial charge < -0.3 is 15.5 Å². The molecule has 174 valence electrons. The zero-order chi connectivity index (χ0) is 24.2. The van der Waals surface area contributed by atoms with Crippen LogP contribution in [0.4, 0.5) is 18.9 Å². The summed E-state index contributed by atoms with van der Waals surface area (Å²) >= 11 is 0. The summed E-state index contributed by atoms with van der Waals surface area (Å²) in [6.45, 7) is 2.08. The van der Waals surface area contributed by atoms with Crippen molar-refractivity contribution >= 4 is 17.5 Å². The van der Waals surface area contributed by atoms with Crippen LogP contribution in [0.1, 0.15) is 27.2 Å². The average Bonchev–Trinajstić information content (AvgIpc) is 3.12. The van der Waals surface area contributed by atoms with E-state index in [9.17, 15) is 22.8 Å². The van der Waals surface area contributed by atoms with Gasteiger partial charge in [-0.1, -0.05) is 12.1 Å². The first-order valence-corrected chi connectivity index (χ1v) is 9.94. The number of aromatic nitrogens is 3. The van der Waals surface area contributed by atoms with Crippen molar-refractivity contribution in [3.05, 3.63) is 71.2 Å². The Kier molecular flexibility index (Phi) is 7.12. The predicted molar refractivity (Wildman–Crippen MR) is 116 cm³/mol. The van der Waals surface area contributed by atoms with E-state index in [0.717, 1.165) is 17.8 Å². The lowest BCUT2D eigenvalue weighted by atomic mass is 10.2. The van der Waals surface area contributed by atoms with Gasteiger partial charge in [-0.25, -0.2) is 9.67 Å². The van der Waals surface area contributed by atoms with Gasteiger partial charge >= 0.3 is 6.18 Å². The molecule has 2 amide bonds. The van der Waals surface area contributed by atoms with Gasteiger partial charge in [0.25, 0.3) is 5.91 Å². The molecule has 0 aliphatic rings. The summed E-state index contributed by atoms with van der Waals surface area (Å²) in [5.74, 6) is -0.380. The Hall–Kier alpha value is -3.73. The van der Waals surface area contributed by atoms with Gasteiger partial charge in [0, 0.05) is 18.4 Å². The summed E-state index contributed by atoms with van der Waals surface area (Å²) in [6, 6.07) is 9.20. The van der Waals surface area contributed by atoms with Gasteiger partial charge in [0.1, 0.15) is 0 Å². The Morgan fingerprint density at radius 3 is 2.52 bits per heavy atom. The number of carbonyl (C=O) groups is 2. The van der Waals surface area contributed by atoms with Crippen LogP contribution in [0.15, 0.2) is 48.8 Å². The number of hydrogen-bond donors (Lipinski definition) is 2. The highest BCUT2D eigenvalue weighted by molar-refractivity contribution is 5.95. The van der Waals surface area contributed by atoms with E-state index in [1.165, 1.54) is 16.9 Å². The SMILES string of the molecule is Cc1c(C(=O)NCc2cccc(NC(=O)CN(C)C)c2)cnn1-c1ccc(C(F)(F)F)cn1. The lowest BCUT2D eigenvalue weighted by Crippen LogP contribution is -2.27. The lowest BCUT2D eigenvalue weighted by Gasteiger charge is -2.11. The Morgan fingerprint density at radius 1 is 1.12 bits per heavy atom. The van der Waals surface area contributed by atoms with Gasteiger partial charge in [-0.05, 0) is 50.8 Å². The van der Waals surface area contributed by atoms with Crippen LogP contribution < -0.4 is 10.6 Å². The van der Waals surface area contributed by atoms with E-state index in [0.29, 0.717) is 11.4 Å². The largest absolute Gasteiger partial charge is 0.417 e. The van der Waals surface area contributed by atoms with Crippen molar-refractivity contribution in [2.75, 3.05) is 26.0 Å².